The van der Waals surface area contributed by atoms with Gasteiger partial charge in [-0.3, -0.25) is 9.48 Å². The van der Waals surface area contributed by atoms with Crippen LogP contribution in [0, 0.1) is 0 Å². The lowest BCUT2D eigenvalue weighted by atomic mass is 10.2. The number of carbonyl (C=O) groups is 1. The van der Waals surface area contributed by atoms with Gasteiger partial charge in [-0.15, -0.1) is 0 Å². The Bertz CT molecular complexity index is 536. The molecule has 0 aliphatic rings. The maximum absolute atomic E-state index is 11.7. The highest BCUT2D eigenvalue weighted by atomic mass is 16.2. The summed E-state index contributed by atoms with van der Waals surface area (Å²) in [5.41, 5.74) is 7.52. The Hall–Kier alpha value is -2.14. The Morgan fingerprint density at radius 3 is 3.00 bits per heavy atom. The number of benzene rings is 1. The Morgan fingerprint density at radius 1 is 1.47 bits per heavy atom. The van der Waals surface area contributed by atoms with E-state index in [9.17, 15) is 4.79 Å². The zero-order valence-corrected chi connectivity index (χ0v) is 10.9. The molecule has 0 radical (unpaired) electrons. The standard InChI is InChI=1S/C14H18N4O/c1-2-13(15)14(19)17-12-6-3-5-11(9-12)10-18-8-4-7-16-18/h3-9,13H,2,10,15H2,1H3,(H,17,19)/t13-/m1/s1. The van der Waals surface area contributed by atoms with Crippen LogP contribution in [0.5, 0.6) is 0 Å². The van der Waals surface area contributed by atoms with Crippen LogP contribution < -0.4 is 11.1 Å². The van der Waals surface area contributed by atoms with Crippen LogP contribution in [0.15, 0.2) is 42.7 Å². The van der Waals surface area contributed by atoms with Gasteiger partial charge in [0.15, 0.2) is 0 Å². The number of aromatic nitrogens is 2. The fourth-order valence-corrected chi connectivity index (χ4v) is 1.75. The topological polar surface area (TPSA) is 72.9 Å². The maximum atomic E-state index is 11.7. The largest absolute Gasteiger partial charge is 0.325 e. The molecule has 1 aromatic carbocycles. The fraction of sp³-hybridized carbons (Fsp3) is 0.286. The van der Waals surface area contributed by atoms with E-state index in [0.717, 1.165) is 11.3 Å². The van der Waals surface area contributed by atoms with Crippen molar-refractivity contribution in [1.29, 1.82) is 0 Å². The molecule has 3 N–H and O–H groups in total. The van der Waals surface area contributed by atoms with E-state index in [4.69, 9.17) is 5.73 Å². The molecule has 5 heteroatoms. The van der Waals surface area contributed by atoms with Crippen molar-refractivity contribution in [2.24, 2.45) is 5.73 Å². The van der Waals surface area contributed by atoms with E-state index >= 15 is 0 Å². The van der Waals surface area contributed by atoms with E-state index in [1.54, 1.807) is 6.20 Å². The van der Waals surface area contributed by atoms with Gasteiger partial charge in [0, 0.05) is 18.1 Å². The molecular weight excluding hydrogens is 240 g/mol. The zero-order valence-electron chi connectivity index (χ0n) is 10.9. The number of amides is 1. The van der Waals surface area contributed by atoms with Gasteiger partial charge < -0.3 is 11.1 Å². The number of nitrogens with one attached hydrogen (secondary N) is 1. The van der Waals surface area contributed by atoms with Gasteiger partial charge in [0.25, 0.3) is 0 Å². The molecule has 1 amide bonds. The Labute approximate surface area is 112 Å². The molecule has 5 nitrogen and oxygen atoms in total. The van der Waals surface area contributed by atoms with E-state index in [2.05, 4.69) is 10.4 Å². The first-order chi connectivity index (χ1) is 9.19. The summed E-state index contributed by atoms with van der Waals surface area (Å²) < 4.78 is 1.83. The van der Waals surface area contributed by atoms with Crippen LogP contribution in [-0.2, 0) is 11.3 Å². The summed E-state index contributed by atoms with van der Waals surface area (Å²) in [6.45, 7) is 2.56. The van der Waals surface area contributed by atoms with E-state index in [-0.39, 0.29) is 5.91 Å². The first kappa shape index (κ1) is 13.3. The monoisotopic (exact) mass is 258 g/mol. The fourth-order valence-electron chi connectivity index (χ4n) is 1.75. The highest BCUT2D eigenvalue weighted by molar-refractivity contribution is 5.94. The predicted molar refractivity (Wildman–Crippen MR) is 74.7 cm³/mol. The van der Waals surface area contributed by atoms with Crippen LogP contribution in [-0.4, -0.2) is 21.7 Å². The van der Waals surface area contributed by atoms with Crippen LogP contribution in [0.4, 0.5) is 5.69 Å². The zero-order chi connectivity index (χ0) is 13.7. The summed E-state index contributed by atoms with van der Waals surface area (Å²) in [6, 6.07) is 9.11. The highest BCUT2D eigenvalue weighted by Gasteiger charge is 2.10. The number of nitrogens with two attached hydrogens (primary N) is 1. The van der Waals surface area contributed by atoms with Crippen LogP contribution in [0.2, 0.25) is 0 Å². The third-order valence-electron chi connectivity index (χ3n) is 2.87. The van der Waals surface area contributed by atoms with Gasteiger partial charge in [-0.2, -0.15) is 5.10 Å². The van der Waals surface area contributed by atoms with Crippen LogP contribution in [0.3, 0.4) is 0 Å². The lowest BCUT2D eigenvalue weighted by Gasteiger charge is -2.11. The Balaban J connectivity index is 2.05. The normalized spacial score (nSPS) is 12.1. The number of carbonyl (C=O) groups excluding carboxylic acids is 1. The minimum Gasteiger partial charge on any atom is -0.325 e. The molecule has 0 saturated carbocycles. The van der Waals surface area contributed by atoms with Crippen molar-refractivity contribution in [3.8, 4) is 0 Å². The predicted octanol–water partition coefficient (Wildman–Crippen LogP) is 1.61. The van der Waals surface area contributed by atoms with Gasteiger partial charge in [-0.1, -0.05) is 19.1 Å². The average molecular weight is 258 g/mol. The molecule has 1 atom stereocenters. The molecule has 0 aliphatic heterocycles. The second-order valence-corrected chi connectivity index (χ2v) is 4.41. The SMILES string of the molecule is CC[C@@H](N)C(=O)Nc1cccc(Cn2cccn2)c1. The summed E-state index contributed by atoms with van der Waals surface area (Å²) in [5, 5.41) is 6.97. The quantitative estimate of drug-likeness (QED) is 0.855. The Morgan fingerprint density at radius 2 is 2.32 bits per heavy atom. The third kappa shape index (κ3) is 3.66. The first-order valence-electron chi connectivity index (χ1n) is 6.32. The van der Waals surface area contributed by atoms with Gasteiger partial charge in [0.05, 0.1) is 12.6 Å². The highest BCUT2D eigenvalue weighted by Crippen LogP contribution is 2.12. The lowest BCUT2D eigenvalue weighted by molar-refractivity contribution is -0.117. The van der Waals surface area contributed by atoms with Crippen molar-refractivity contribution in [2.75, 3.05) is 5.32 Å². The minimum absolute atomic E-state index is 0.154. The first-order valence-corrected chi connectivity index (χ1v) is 6.32. The molecule has 2 rings (SSSR count). The molecule has 0 fully saturated rings. The average Bonchev–Trinajstić information content (AvgIpc) is 2.91. The van der Waals surface area contributed by atoms with E-state index in [0.29, 0.717) is 13.0 Å². The van der Waals surface area contributed by atoms with Gasteiger partial charge in [0.2, 0.25) is 5.91 Å². The molecule has 0 saturated heterocycles. The molecule has 0 unspecified atom stereocenters. The number of rotatable bonds is 5. The smallest absolute Gasteiger partial charge is 0.241 e. The van der Waals surface area contributed by atoms with Crippen molar-refractivity contribution in [2.45, 2.75) is 25.9 Å². The van der Waals surface area contributed by atoms with Crippen molar-refractivity contribution in [1.82, 2.24) is 9.78 Å². The van der Waals surface area contributed by atoms with Gasteiger partial charge in [-0.05, 0) is 30.2 Å². The lowest BCUT2D eigenvalue weighted by Crippen LogP contribution is -2.34. The van der Waals surface area contributed by atoms with Crippen LogP contribution in [0.1, 0.15) is 18.9 Å². The molecule has 19 heavy (non-hydrogen) atoms. The summed E-state index contributed by atoms with van der Waals surface area (Å²) in [4.78, 5) is 11.7. The van der Waals surface area contributed by atoms with Crippen molar-refractivity contribution < 1.29 is 4.79 Å². The second kappa shape index (κ2) is 6.15. The molecule has 1 aromatic heterocycles. The van der Waals surface area contributed by atoms with E-state index in [1.165, 1.54) is 0 Å². The molecule has 1 heterocycles. The van der Waals surface area contributed by atoms with Crippen LogP contribution in [0.25, 0.3) is 0 Å². The summed E-state index contributed by atoms with van der Waals surface area (Å²) >= 11 is 0. The summed E-state index contributed by atoms with van der Waals surface area (Å²) in [7, 11) is 0. The molecule has 0 bridgehead atoms. The van der Waals surface area contributed by atoms with E-state index in [1.807, 2.05) is 48.1 Å². The van der Waals surface area contributed by atoms with Gasteiger partial charge in [0.1, 0.15) is 0 Å². The van der Waals surface area contributed by atoms with Crippen molar-refractivity contribution >= 4 is 11.6 Å². The number of nitrogens with zero attached hydrogens (tertiary/aromatic N) is 2. The molecule has 0 aliphatic carbocycles. The van der Waals surface area contributed by atoms with Crippen molar-refractivity contribution in [3.63, 3.8) is 0 Å². The number of hydrogen-bond acceptors (Lipinski definition) is 3. The summed E-state index contributed by atoms with van der Waals surface area (Å²) in [6.07, 6.45) is 4.27. The second-order valence-electron chi connectivity index (χ2n) is 4.41. The maximum Gasteiger partial charge on any atom is 0.241 e. The van der Waals surface area contributed by atoms with Crippen LogP contribution >= 0.6 is 0 Å². The summed E-state index contributed by atoms with van der Waals surface area (Å²) in [5.74, 6) is -0.154. The Kier molecular flexibility index (Phi) is 4.30. The third-order valence-corrected chi connectivity index (χ3v) is 2.87. The van der Waals surface area contributed by atoms with Crippen molar-refractivity contribution in [3.05, 3.63) is 48.3 Å². The van der Waals surface area contributed by atoms with E-state index < -0.39 is 6.04 Å². The molecule has 0 spiro atoms. The number of hydrogen-bond donors (Lipinski definition) is 2. The minimum atomic E-state index is -0.463. The molecule has 100 valence electrons. The molecular formula is C14H18N4O. The van der Waals surface area contributed by atoms with Gasteiger partial charge >= 0.3 is 0 Å². The van der Waals surface area contributed by atoms with Gasteiger partial charge in [-0.25, -0.2) is 0 Å². The molecule has 2 aromatic rings. The number of anilines is 1.